The number of rotatable bonds is 13. The zero-order valence-corrected chi connectivity index (χ0v) is 36.5. The number of anilines is 3. The molecule has 0 saturated carbocycles. The first-order valence-corrected chi connectivity index (χ1v) is 23.0. The first-order valence-electron chi connectivity index (χ1n) is 18.3. The largest absolute Gasteiger partial charge is 0.507 e. The molecule has 0 atom stereocenters. The summed E-state index contributed by atoms with van der Waals surface area (Å²) >= 11 is 5.91. The van der Waals surface area contributed by atoms with Gasteiger partial charge in [-0.1, -0.05) is 11.6 Å². The van der Waals surface area contributed by atoms with E-state index in [2.05, 4.69) is 35.4 Å². The van der Waals surface area contributed by atoms with E-state index >= 15 is 0 Å². The number of aryl methyl sites for hydroxylation is 1. The highest BCUT2D eigenvalue weighted by Gasteiger charge is 2.24. The fourth-order valence-corrected chi connectivity index (χ4v) is 8.36. The number of halogens is 1. The Kier molecular flexibility index (Phi) is 12.6. The van der Waals surface area contributed by atoms with Gasteiger partial charge in [-0.15, -0.1) is 15.3 Å². The molecule has 7 aromatic rings. The number of fused-ring (bicyclic) bond motifs is 2. The van der Waals surface area contributed by atoms with Gasteiger partial charge in [0.25, 0.3) is 26.1 Å². The predicted molar refractivity (Wildman–Crippen MR) is 239 cm³/mol. The molecule has 334 valence electrons. The Morgan fingerprint density at radius 3 is 1.95 bits per heavy atom. The molecule has 0 aliphatic heterocycles. The predicted octanol–water partition coefficient (Wildman–Crippen LogP) is 9.27. The van der Waals surface area contributed by atoms with E-state index in [1.165, 1.54) is 31.4 Å². The zero-order chi connectivity index (χ0) is 47.0. The summed E-state index contributed by atoms with van der Waals surface area (Å²) in [7, 11) is -13.2. The Bertz CT molecular complexity index is 3480. The molecule has 0 saturated heterocycles. The van der Waals surface area contributed by atoms with Crippen LogP contribution >= 0.6 is 11.6 Å². The van der Waals surface area contributed by atoms with E-state index < -0.39 is 62.2 Å². The number of carbonyl (C=O) groups excluding carboxylic acids is 1. The van der Waals surface area contributed by atoms with Crippen LogP contribution < -0.4 is 21.3 Å². The van der Waals surface area contributed by atoms with Gasteiger partial charge in [0.1, 0.15) is 27.8 Å². The lowest BCUT2D eigenvalue weighted by Crippen LogP contribution is -2.11. The second-order valence-corrected chi connectivity index (χ2v) is 18.7. The number of nitrogens with one attached hydrogen (secondary N) is 2. The third kappa shape index (κ3) is 10.0. The summed E-state index contributed by atoms with van der Waals surface area (Å²) in [5.74, 6) is 3.28. The topological polar surface area (TPSA) is 318 Å². The average molecular weight is 962 g/mol. The Labute approximate surface area is 374 Å². The van der Waals surface area contributed by atoms with Crippen LogP contribution in [0.1, 0.15) is 15.9 Å². The summed E-state index contributed by atoms with van der Waals surface area (Å²) in [6, 6.07) is 25.1. The molecule has 0 fully saturated rings. The fraction of sp³-hybridized carbons (Fsp3) is 0.0488. The quantitative estimate of drug-likeness (QED) is 0.0322. The van der Waals surface area contributed by atoms with E-state index in [9.17, 15) is 49.4 Å². The Hall–Kier alpha value is -7.09. The van der Waals surface area contributed by atoms with Crippen molar-refractivity contribution in [3.8, 4) is 17.2 Å². The highest BCUT2D eigenvalue weighted by molar-refractivity contribution is 7.87. The highest BCUT2D eigenvalue weighted by atomic mass is 35.5. The maximum absolute atomic E-state index is 12.7. The lowest BCUT2D eigenvalue weighted by Gasteiger charge is -2.12. The maximum Gasteiger partial charge on any atom is 0.312 e. The molecule has 0 radical (unpaired) electrons. The summed E-state index contributed by atoms with van der Waals surface area (Å²) in [6.45, 7) is 1.56. The molecular weight excluding hydrogens is 930 g/mol. The molecular formula is C41H32ClN7O13S3. The second-order valence-electron chi connectivity index (χ2n) is 13.9. The van der Waals surface area contributed by atoms with Gasteiger partial charge in [-0.3, -0.25) is 13.9 Å². The zero-order valence-electron chi connectivity index (χ0n) is 33.3. The molecule has 7 aromatic carbocycles. The fourth-order valence-electron chi connectivity index (χ4n) is 6.40. The number of hydrogen-bond acceptors (Lipinski definition) is 17. The van der Waals surface area contributed by atoms with Crippen molar-refractivity contribution in [1.82, 2.24) is 0 Å². The van der Waals surface area contributed by atoms with Gasteiger partial charge >= 0.3 is 10.1 Å². The number of amides is 1. The van der Waals surface area contributed by atoms with Crippen LogP contribution in [0.15, 0.2) is 144 Å². The van der Waals surface area contributed by atoms with Crippen LogP contribution in [0.2, 0.25) is 5.02 Å². The van der Waals surface area contributed by atoms with Crippen LogP contribution in [0.4, 0.5) is 39.8 Å². The molecule has 0 aromatic heterocycles. The normalized spacial score (nSPS) is 12.3. The number of azo groups is 2. The average Bonchev–Trinajstić information content (AvgIpc) is 3.25. The Balaban J connectivity index is 1.18. The van der Waals surface area contributed by atoms with Crippen LogP contribution in [0.5, 0.6) is 17.2 Å². The van der Waals surface area contributed by atoms with Crippen LogP contribution in [0.3, 0.4) is 0 Å². The lowest BCUT2D eigenvalue weighted by molar-refractivity contribution is 0.102. The second kappa shape index (κ2) is 17.8. The van der Waals surface area contributed by atoms with Crippen LogP contribution in [-0.4, -0.2) is 57.6 Å². The van der Waals surface area contributed by atoms with Crippen molar-refractivity contribution in [2.45, 2.75) is 21.6 Å². The number of ether oxygens (including phenoxy) is 1. The number of nitrogens with zero attached hydrogens (tertiary/aromatic N) is 4. The molecule has 0 spiro atoms. The summed E-state index contributed by atoms with van der Waals surface area (Å²) < 4.78 is 103. The van der Waals surface area contributed by atoms with Crippen molar-refractivity contribution in [2.75, 3.05) is 17.7 Å². The maximum atomic E-state index is 12.7. The van der Waals surface area contributed by atoms with Gasteiger partial charge < -0.3 is 25.6 Å². The van der Waals surface area contributed by atoms with E-state index in [0.29, 0.717) is 33.2 Å². The molecule has 0 aliphatic rings. The number of nitrogens with two attached hydrogens (primary N) is 1. The van der Waals surface area contributed by atoms with Gasteiger partial charge in [0.05, 0.1) is 33.7 Å². The number of phenols is 2. The van der Waals surface area contributed by atoms with Crippen LogP contribution in [-0.2, 0) is 34.6 Å². The van der Waals surface area contributed by atoms with Crippen molar-refractivity contribution < 1.29 is 58.4 Å². The number of phenolic OH excluding ortho intramolecular Hbond substituents is 2. The minimum atomic E-state index is -5.01. The summed E-state index contributed by atoms with van der Waals surface area (Å²) in [5.41, 5.74) is 1.55. The van der Waals surface area contributed by atoms with Gasteiger partial charge in [-0.2, -0.15) is 40.5 Å². The Morgan fingerprint density at radius 2 is 1.31 bits per heavy atom. The number of methoxy groups -OCH3 is 1. The molecule has 24 heteroatoms. The van der Waals surface area contributed by atoms with E-state index in [0.717, 1.165) is 30.3 Å². The standard InChI is InChI=1S/C41H32ClN7O13S3/c1-21-13-33(36(61-2)20-32(21)46-48-34-18-30(65(59,60)62-43)16-24-15-29(63(53,54)55)19-35(50)38(24)34)47-49-39-37(64(56,57)58)17-23-14-28(11-12-31(23)40(39)51)44-26-7-9-27(10-8-26)45-41(52)22-3-5-25(42)6-4-22/h3-20,44,50-51H,43H2,1-2H3,(H,45,52)(H,53,54,55)(H,56,57,58). The Morgan fingerprint density at radius 1 is 0.677 bits per heavy atom. The molecule has 0 heterocycles. The first kappa shape index (κ1) is 45.9. The highest BCUT2D eigenvalue weighted by Crippen LogP contribution is 2.44. The SMILES string of the molecule is COc1cc(N=Nc2cc(S(=O)(=O)ON)cc3cc(S(=O)(=O)O)cc(O)c23)c(C)cc1N=Nc1c(S(=O)(=O)O)cc2cc(Nc3ccc(NC(=O)c4ccc(Cl)cc4)cc3)ccc2c1O. The number of hydrogen-bond donors (Lipinski definition) is 7. The van der Waals surface area contributed by atoms with Crippen molar-refractivity contribution in [3.05, 3.63) is 125 Å². The van der Waals surface area contributed by atoms with E-state index in [4.69, 9.17) is 22.2 Å². The summed E-state index contributed by atoms with van der Waals surface area (Å²) in [6.07, 6.45) is 0. The van der Waals surface area contributed by atoms with Gasteiger partial charge in [0.15, 0.2) is 5.75 Å². The molecule has 1 amide bonds. The third-order valence-electron chi connectivity index (χ3n) is 9.56. The van der Waals surface area contributed by atoms with Crippen LogP contribution in [0.25, 0.3) is 21.5 Å². The molecule has 7 rings (SSSR count). The van der Waals surface area contributed by atoms with E-state index in [1.807, 2.05) is 0 Å². The van der Waals surface area contributed by atoms with Crippen molar-refractivity contribution in [3.63, 3.8) is 0 Å². The van der Waals surface area contributed by atoms with Gasteiger partial charge in [0.2, 0.25) is 0 Å². The first-order chi connectivity index (χ1) is 30.6. The van der Waals surface area contributed by atoms with E-state index in [1.54, 1.807) is 61.5 Å². The van der Waals surface area contributed by atoms with Gasteiger partial charge in [-0.05, 0) is 120 Å². The van der Waals surface area contributed by atoms with Crippen LogP contribution in [0, 0.1) is 6.92 Å². The number of benzene rings is 7. The summed E-state index contributed by atoms with van der Waals surface area (Å²) in [5, 5.41) is 44.9. The molecule has 0 aliphatic carbocycles. The van der Waals surface area contributed by atoms with Crippen molar-refractivity contribution in [2.24, 2.45) is 26.4 Å². The smallest absolute Gasteiger partial charge is 0.312 e. The number of carbonyl (C=O) groups is 1. The molecule has 0 bridgehead atoms. The third-order valence-corrected chi connectivity index (χ3v) is 12.6. The summed E-state index contributed by atoms with van der Waals surface area (Å²) in [4.78, 5) is 10.5. The van der Waals surface area contributed by atoms with Gasteiger partial charge in [0, 0.05) is 45.2 Å². The monoisotopic (exact) mass is 961 g/mol. The molecule has 0 unspecified atom stereocenters. The molecule has 8 N–H and O–H groups in total. The molecule has 65 heavy (non-hydrogen) atoms. The van der Waals surface area contributed by atoms with Gasteiger partial charge in [-0.25, -0.2) is 0 Å². The minimum Gasteiger partial charge on any atom is -0.507 e. The minimum absolute atomic E-state index is 0.00568. The van der Waals surface area contributed by atoms with Crippen molar-refractivity contribution >= 4 is 109 Å². The lowest BCUT2D eigenvalue weighted by atomic mass is 10.1. The van der Waals surface area contributed by atoms with E-state index in [-0.39, 0.29) is 50.3 Å². The number of aromatic hydroxyl groups is 2. The molecule has 20 nitrogen and oxygen atoms in total. The van der Waals surface area contributed by atoms with Crippen molar-refractivity contribution in [1.29, 1.82) is 0 Å².